The van der Waals surface area contributed by atoms with Gasteiger partial charge >= 0.3 is 5.97 Å². The molecular weight excluding hydrogens is 379 g/mol. The van der Waals surface area contributed by atoms with Crippen LogP contribution in [0.3, 0.4) is 0 Å². The number of esters is 1. The Hall–Kier alpha value is -3.42. The minimum Gasteiger partial charge on any atom is -0.494 e. The Bertz CT molecular complexity index is 946. The minimum absolute atomic E-state index is 0.0780. The van der Waals surface area contributed by atoms with E-state index in [4.69, 9.17) is 9.47 Å². The van der Waals surface area contributed by atoms with E-state index in [1.54, 1.807) is 37.3 Å². The standard InChI is InChI=1S/C21H21FN2O5/c1-13-9-19(25)23-16-5-3-4-6-17(16)24(13)20(26)12-29-21(27)11-14-7-8-18(28-2)15(22)10-14/h3-8,10,13H,9,11-12H2,1-2H3,(H,23,25)/t13-/m0/s1. The third-order valence-electron chi connectivity index (χ3n) is 4.55. The zero-order valence-electron chi connectivity index (χ0n) is 16.1. The van der Waals surface area contributed by atoms with E-state index in [9.17, 15) is 18.8 Å². The van der Waals surface area contributed by atoms with Gasteiger partial charge in [0, 0.05) is 12.5 Å². The Morgan fingerprint density at radius 3 is 2.72 bits per heavy atom. The molecular formula is C21H21FN2O5. The first-order valence-corrected chi connectivity index (χ1v) is 9.08. The highest BCUT2D eigenvalue weighted by atomic mass is 19.1. The molecule has 8 heteroatoms. The fourth-order valence-electron chi connectivity index (χ4n) is 3.22. The number of nitrogens with one attached hydrogen (secondary N) is 1. The summed E-state index contributed by atoms with van der Waals surface area (Å²) in [7, 11) is 1.35. The van der Waals surface area contributed by atoms with Crippen LogP contribution in [0.2, 0.25) is 0 Å². The van der Waals surface area contributed by atoms with Crippen molar-refractivity contribution in [2.24, 2.45) is 0 Å². The molecule has 1 aliphatic heterocycles. The second-order valence-electron chi connectivity index (χ2n) is 6.69. The van der Waals surface area contributed by atoms with Crippen LogP contribution in [0.5, 0.6) is 5.75 Å². The van der Waals surface area contributed by atoms with Crippen LogP contribution in [0.25, 0.3) is 0 Å². The topological polar surface area (TPSA) is 84.9 Å². The van der Waals surface area contributed by atoms with Crippen LogP contribution in [-0.2, 0) is 25.5 Å². The van der Waals surface area contributed by atoms with Crippen molar-refractivity contribution in [3.05, 3.63) is 53.8 Å². The number of rotatable bonds is 5. The van der Waals surface area contributed by atoms with Gasteiger partial charge in [0.05, 0.1) is 24.9 Å². The molecule has 1 atom stereocenters. The lowest BCUT2D eigenvalue weighted by atomic mass is 10.1. The van der Waals surface area contributed by atoms with Gasteiger partial charge in [0.25, 0.3) is 5.91 Å². The molecule has 0 saturated carbocycles. The van der Waals surface area contributed by atoms with Gasteiger partial charge in [-0.1, -0.05) is 18.2 Å². The molecule has 0 aliphatic carbocycles. The summed E-state index contributed by atoms with van der Waals surface area (Å²) in [5, 5.41) is 2.76. The molecule has 1 heterocycles. The second kappa shape index (κ2) is 8.72. The molecule has 0 aromatic heterocycles. The number of methoxy groups -OCH3 is 1. The molecule has 0 spiro atoms. The summed E-state index contributed by atoms with van der Waals surface area (Å²) in [5.41, 5.74) is 1.48. The highest BCUT2D eigenvalue weighted by molar-refractivity contribution is 6.05. The zero-order chi connectivity index (χ0) is 21.0. The van der Waals surface area contributed by atoms with Crippen LogP contribution < -0.4 is 15.0 Å². The summed E-state index contributed by atoms with van der Waals surface area (Å²) in [6.45, 7) is 1.27. The van der Waals surface area contributed by atoms with Crippen LogP contribution in [-0.4, -0.2) is 37.5 Å². The molecule has 29 heavy (non-hydrogen) atoms. The number of amides is 2. The highest BCUT2D eigenvalue weighted by Crippen LogP contribution is 2.31. The number of fused-ring (bicyclic) bond motifs is 1. The van der Waals surface area contributed by atoms with Crippen molar-refractivity contribution in [1.82, 2.24) is 0 Å². The predicted octanol–water partition coefficient (Wildman–Crippen LogP) is 2.68. The summed E-state index contributed by atoms with van der Waals surface area (Å²) in [6, 6.07) is 10.7. The number of anilines is 2. The van der Waals surface area contributed by atoms with E-state index >= 15 is 0 Å². The van der Waals surface area contributed by atoms with E-state index < -0.39 is 30.3 Å². The van der Waals surface area contributed by atoms with Gasteiger partial charge in [-0.3, -0.25) is 14.4 Å². The quantitative estimate of drug-likeness (QED) is 0.780. The van der Waals surface area contributed by atoms with Gasteiger partial charge < -0.3 is 19.7 Å². The average Bonchev–Trinajstić information content (AvgIpc) is 2.80. The van der Waals surface area contributed by atoms with E-state index in [1.807, 2.05) is 0 Å². The fourth-order valence-corrected chi connectivity index (χ4v) is 3.22. The Morgan fingerprint density at radius 2 is 2.00 bits per heavy atom. The molecule has 2 aromatic rings. The third kappa shape index (κ3) is 4.71. The lowest BCUT2D eigenvalue weighted by molar-refractivity contribution is -0.147. The minimum atomic E-state index is -0.659. The van der Waals surface area contributed by atoms with Crippen molar-refractivity contribution >= 4 is 29.2 Å². The maximum atomic E-state index is 13.7. The van der Waals surface area contributed by atoms with Crippen LogP contribution >= 0.6 is 0 Å². The number of carbonyl (C=O) groups is 3. The molecule has 0 saturated heterocycles. The largest absolute Gasteiger partial charge is 0.494 e. The molecule has 152 valence electrons. The first-order valence-electron chi connectivity index (χ1n) is 9.08. The number of para-hydroxylation sites is 2. The highest BCUT2D eigenvalue weighted by Gasteiger charge is 2.30. The summed E-state index contributed by atoms with van der Waals surface area (Å²) < 4.78 is 23.7. The number of carbonyl (C=O) groups excluding carboxylic acids is 3. The van der Waals surface area contributed by atoms with Gasteiger partial charge in [-0.25, -0.2) is 4.39 Å². The Balaban J connectivity index is 1.66. The normalized spacial score (nSPS) is 15.8. The monoisotopic (exact) mass is 400 g/mol. The SMILES string of the molecule is COc1ccc(CC(=O)OCC(=O)N2c3ccccc3NC(=O)C[C@@H]2C)cc1F. The fraction of sp³-hybridized carbons (Fsp3) is 0.286. The average molecular weight is 400 g/mol. The number of ether oxygens (including phenoxy) is 2. The van der Waals surface area contributed by atoms with Crippen molar-refractivity contribution in [2.45, 2.75) is 25.8 Å². The van der Waals surface area contributed by atoms with E-state index in [-0.39, 0.29) is 24.5 Å². The Kier molecular flexibility index (Phi) is 6.11. The summed E-state index contributed by atoms with van der Waals surface area (Å²) in [5.74, 6) is -1.81. The Morgan fingerprint density at radius 1 is 1.24 bits per heavy atom. The van der Waals surface area contributed by atoms with E-state index in [1.165, 1.54) is 24.1 Å². The Labute approximate surface area is 167 Å². The number of nitrogens with zero attached hydrogens (tertiary/aromatic N) is 1. The first-order chi connectivity index (χ1) is 13.9. The van der Waals surface area contributed by atoms with Crippen molar-refractivity contribution in [3.8, 4) is 5.75 Å². The van der Waals surface area contributed by atoms with Gasteiger partial charge in [-0.2, -0.15) is 0 Å². The molecule has 3 rings (SSSR count). The smallest absolute Gasteiger partial charge is 0.310 e. The van der Waals surface area contributed by atoms with Gasteiger partial charge in [-0.05, 0) is 36.8 Å². The van der Waals surface area contributed by atoms with Crippen LogP contribution in [0.15, 0.2) is 42.5 Å². The third-order valence-corrected chi connectivity index (χ3v) is 4.55. The molecule has 0 unspecified atom stereocenters. The molecule has 2 amide bonds. The molecule has 7 nitrogen and oxygen atoms in total. The van der Waals surface area contributed by atoms with Crippen LogP contribution in [0.1, 0.15) is 18.9 Å². The van der Waals surface area contributed by atoms with Crippen molar-refractivity contribution in [2.75, 3.05) is 23.9 Å². The van der Waals surface area contributed by atoms with Crippen molar-refractivity contribution in [3.63, 3.8) is 0 Å². The molecule has 0 bridgehead atoms. The van der Waals surface area contributed by atoms with Gasteiger partial charge in [-0.15, -0.1) is 0 Å². The van der Waals surface area contributed by atoms with Crippen molar-refractivity contribution in [1.29, 1.82) is 0 Å². The summed E-state index contributed by atoms with van der Waals surface area (Å²) >= 11 is 0. The second-order valence-corrected chi connectivity index (χ2v) is 6.69. The van der Waals surface area contributed by atoms with E-state index in [2.05, 4.69) is 5.32 Å². The molecule has 0 radical (unpaired) electrons. The first kappa shape index (κ1) is 20.3. The molecule has 1 N–H and O–H groups in total. The van der Waals surface area contributed by atoms with Crippen molar-refractivity contribution < 1.29 is 28.2 Å². The lowest BCUT2D eigenvalue weighted by Crippen LogP contribution is -2.41. The predicted molar refractivity (Wildman–Crippen MR) is 104 cm³/mol. The summed E-state index contributed by atoms with van der Waals surface area (Å²) in [4.78, 5) is 38.3. The van der Waals surface area contributed by atoms with Gasteiger partial charge in [0.1, 0.15) is 0 Å². The summed E-state index contributed by atoms with van der Waals surface area (Å²) in [6.07, 6.45) is -0.0557. The maximum absolute atomic E-state index is 13.7. The van der Waals surface area contributed by atoms with Gasteiger partial charge in [0.2, 0.25) is 5.91 Å². The zero-order valence-corrected chi connectivity index (χ0v) is 16.1. The van der Waals surface area contributed by atoms with Gasteiger partial charge in [0.15, 0.2) is 18.2 Å². The number of benzene rings is 2. The molecule has 2 aromatic carbocycles. The molecule has 0 fully saturated rings. The number of hydrogen-bond donors (Lipinski definition) is 1. The van der Waals surface area contributed by atoms with Crippen LogP contribution in [0.4, 0.5) is 15.8 Å². The van der Waals surface area contributed by atoms with Crippen LogP contribution in [0, 0.1) is 5.82 Å². The van der Waals surface area contributed by atoms with E-state index in [0.717, 1.165) is 0 Å². The number of hydrogen-bond acceptors (Lipinski definition) is 5. The lowest BCUT2D eigenvalue weighted by Gasteiger charge is -2.27. The number of halogens is 1. The van der Waals surface area contributed by atoms with E-state index in [0.29, 0.717) is 16.9 Å². The molecule has 1 aliphatic rings. The maximum Gasteiger partial charge on any atom is 0.310 e.